The number of nitrogens with one attached hydrogen (secondary N) is 1. The summed E-state index contributed by atoms with van der Waals surface area (Å²) < 4.78 is 28.7. The Labute approximate surface area is 130 Å². The van der Waals surface area contributed by atoms with Crippen molar-refractivity contribution in [2.75, 3.05) is 32.7 Å². The molecule has 5 nitrogen and oxygen atoms in total. The number of piperidine rings is 1. The molecule has 1 N–H and O–H groups in total. The van der Waals surface area contributed by atoms with E-state index >= 15 is 0 Å². The fraction of sp³-hybridized carbons (Fsp3) is 1.00. The minimum absolute atomic E-state index is 0.361. The number of rotatable bonds is 8. The molecule has 21 heavy (non-hydrogen) atoms. The van der Waals surface area contributed by atoms with Gasteiger partial charge in [0.25, 0.3) is 10.2 Å². The summed E-state index contributed by atoms with van der Waals surface area (Å²) >= 11 is 0. The first-order chi connectivity index (χ1) is 9.93. The molecular weight excluding hydrogens is 286 g/mol. The summed E-state index contributed by atoms with van der Waals surface area (Å²) in [5.41, 5.74) is 0. The van der Waals surface area contributed by atoms with Gasteiger partial charge < -0.3 is 5.32 Å². The van der Waals surface area contributed by atoms with Gasteiger partial charge in [-0.05, 0) is 44.1 Å². The van der Waals surface area contributed by atoms with E-state index in [1.165, 1.54) is 12.8 Å². The first-order valence-electron chi connectivity index (χ1n) is 8.42. The van der Waals surface area contributed by atoms with Gasteiger partial charge in [-0.25, -0.2) is 0 Å². The Bertz CT molecular complexity index is 413. The summed E-state index contributed by atoms with van der Waals surface area (Å²) in [5.74, 6) is 0.997. The Kier molecular flexibility index (Phi) is 6.05. The molecule has 0 amide bonds. The van der Waals surface area contributed by atoms with Gasteiger partial charge in [0.1, 0.15) is 0 Å². The monoisotopic (exact) mass is 317 g/mol. The third-order valence-electron chi connectivity index (χ3n) is 4.42. The quantitative estimate of drug-likeness (QED) is 0.741. The molecule has 6 heteroatoms. The predicted octanol–water partition coefficient (Wildman–Crippen LogP) is 1.67. The number of hydrogen-bond donors (Lipinski definition) is 1. The molecule has 124 valence electrons. The molecule has 2 rings (SSSR count). The van der Waals surface area contributed by atoms with Crippen LogP contribution in [0.1, 0.15) is 46.5 Å². The molecule has 2 fully saturated rings. The summed E-state index contributed by atoms with van der Waals surface area (Å²) in [5, 5.41) is 3.56. The van der Waals surface area contributed by atoms with E-state index in [-0.39, 0.29) is 0 Å². The largest absolute Gasteiger partial charge is 0.314 e. The van der Waals surface area contributed by atoms with Crippen molar-refractivity contribution >= 4 is 10.2 Å². The normalized spacial score (nSPS) is 22.3. The maximum absolute atomic E-state index is 12.7. The van der Waals surface area contributed by atoms with Crippen LogP contribution < -0.4 is 5.32 Å². The zero-order chi connectivity index (χ0) is 15.5. The van der Waals surface area contributed by atoms with E-state index in [9.17, 15) is 8.42 Å². The van der Waals surface area contributed by atoms with Crippen molar-refractivity contribution in [2.24, 2.45) is 11.8 Å². The van der Waals surface area contributed by atoms with E-state index in [1.807, 2.05) is 6.92 Å². The number of nitrogens with zero attached hydrogens (tertiary/aromatic N) is 2. The average Bonchev–Trinajstić information content (AvgIpc) is 3.27. The zero-order valence-corrected chi connectivity index (χ0v) is 14.5. The van der Waals surface area contributed by atoms with Crippen molar-refractivity contribution in [1.29, 1.82) is 0 Å². The third-order valence-corrected chi connectivity index (χ3v) is 6.50. The van der Waals surface area contributed by atoms with Gasteiger partial charge in [0, 0.05) is 32.2 Å². The number of hydrogen-bond acceptors (Lipinski definition) is 3. The van der Waals surface area contributed by atoms with Gasteiger partial charge >= 0.3 is 0 Å². The fourth-order valence-corrected chi connectivity index (χ4v) is 4.73. The van der Waals surface area contributed by atoms with Crippen LogP contribution in [0.3, 0.4) is 0 Å². The lowest BCUT2D eigenvalue weighted by Gasteiger charge is -2.35. The maximum atomic E-state index is 12.7. The van der Waals surface area contributed by atoms with E-state index in [0.717, 1.165) is 25.4 Å². The van der Waals surface area contributed by atoms with Crippen LogP contribution in [0.5, 0.6) is 0 Å². The molecule has 1 heterocycles. The van der Waals surface area contributed by atoms with Crippen LogP contribution in [-0.4, -0.2) is 55.8 Å². The van der Waals surface area contributed by atoms with Crippen molar-refractivity contribution in [3.8, 4) is 0 Å². The van der Waals surface area contributed by atoms with Gasteiger partial charge in [-0.3, -0.25) is 0 Å². The van der Waals surface area contributed by atoms with E-state index < -0.39 is 10.2 Å². The van der Waals surface area contributed by atoms with Crippen LogP contribution in [-0.2, 0) is 10.2 Å². The van der Waals surface area contributed by atoms with Crippen LogP contribution in [0.2, 0.25) is 0 Å². The molecule has 1 aliphatic carbocycles. The van der Waals surface area contributed by atoms with Crippen LogP contribution in [0.4, 0.5) is 0 Å². The highest BCUT2D eigenvalue weighted by atomic mass is 32.2. The standard InChI is InChI=1S/C15H31N3O2S/c1-4-17(12-13(2)3)21(19,20)18-9-7-14(8-10-18)11-16-15-5-6-15/h13-16H,4-12H2,1-3H3. The average molecular weight is 317 g/mol. The topological polar surface area (TPSA) is 52.7 Å². The first kappa shape index (κ1) is 17.2. The molecule has 1 aliphatic heterocycles. The molecule has 0 radical (unpaired) electrons. The van der Waals surface area contributed by atoms with Crippen molar-refractivity contribution in [2.45, 2.75) is 52.5 Å². The molecule has 0 aromatic heterocycles. The molecule has 0 bridgehead atoms. The second-order valence-electron chi connectivity index (χ2n) is 6.88. The summed E-state index contributed by atoms with van der Waals surface area (Å²) in [6.07, 6.45) is 4.60. The molecule has 0 spiro atoms. The predicted molar refractivity (Wildman–Crippen MR) is 86.3 cm³/mol. The third kappa shape index (κ3) is 4.91. The van der Waals surface area contributed by atoms with Crippen LogP contribution in [0.25, 0.3) is 0 Å². The molecule has 1 saturated heterocycles. The first-order valence-corrected chi connectivity index (χ1v) is 9.81. The van der Waals surface area contributed by atoms with Crippen LogP contribution >= 0.6 is 0 Å². The van der Waals surface area contributed by atoms with E-state index in [2.05, 4.69) is 19.2 Å². The highest BCUT2D eigenvalue weighted by molar-refractivity contribution is 7.86. The van der Waals surface area contributed by atoms with E-state index in [1.54, 1.807) is 8.61 Å². The minimum Gasteiger partial charge on any atom is -0.314 e. The van der Waals surface area contributed by atoms with Crippen molar-refractivity contribution in [1.82, 2.24) is 13.9 Å². The Morgan fingerprint density at radius 1 is 1.19 bits per heavy atom. The Morgan fingerprint density at radius 2 is 1.81 bits per heavy atom. The second-order valence-corrected chi connectivity index (χ2v) is 8.81. The van der Waals surface area contributed by atoms with Gasteiger partial charge in [-0.2, -0.15) is 17.0 Å². The highest BCUT2D eigenvalue weighted by Gasteiger charge is 2.32. The molecule has 0 atom stereocenters. The summed E-state index contributed by atoms with van der Waals surface area (Å²) in [7, 11) is -3.27. The fourth-order valence-electron chi connectivity index (χ4n) is 2.92. The Morgan fingerprint density at radius 3 is 2.29 bits per heavy atom. The lowest BCUT2D eigenvalue weighted by Crippen LogP contribution is -2.48. The Balaban J connectivity index is 1.83. The lowest BCUT2D eigenvalue weighted by atomic mass is 9.98. The van der Waals surface area contributed by atoms with Gasteiger partial charge in [0.15, 0.2) is 0 Å². The van der Waals surface area contributed by atoms with Crippen LogP contribution in [0.15, 0.2) is 0 Å². The molecule has 0 aromatic carbocycles. The van der Waals surface area contributed by atoms with Crippen LogP contribution in [0, 0.1) is 11.8 Å². The smallest absolute Gasteiger partial charge is 0.281 e. The molecule has 0 aromatic rings. The Hall–Kier alpha value is -0.170. The molecule has 2 aliphatic rings. The molecule has 0 unspecified atom stereocenters. The second kappa shape index (κ2) is 7.40. The summed E-state index contributed by atoms with van der Waals surface area (Å²) in [6.45, 7) is 9.63. The maximum Gasteiger partial charge on any atom is 0.281 e. The lowest BCUT2D eigenvalue weighted by molar-refractivity contribution is 0.246. The van der Waals surface area contributed by atoms with Gasteiger partial charge in [-0.15, -0.1) is 0 Å². The zero-order valence-electron chi connectivity index (χ0n) is 13.7. The van der Waals surface area contributed by atoms with Crippen molar-refractivity contribution in [3.05, 3.63) is 0 Å². The minimum atomic E-state index is -3.27. The summed E-state index contributed by atoms with van der Waals surface area (Å²) in [6, 6.07) is 0.744. The van der Waals surface area contributed by atoms with Crippen molar-refractivity contribution < 1.29 is 8.42 Å². The highest BCUT2D eigenvalue weighted by Crippen LogP contribution is 2.24. The van der Waals surface area contributed by atoms with Gasteiger partial charge in [0.2, 0.25) is 0 Å². The molecule has 1 saturated carbocycles. The summed E-state index contributed by atoms with van der Waals surface area (Å²) in [4.78, 5) is 0. The SMILES string of the molecule is CCN(CC(C)C)S(=O)(=O)N1CCC(CNC2CC2)CC1. The van der Waals surface area contributed by atoms with Gasteiger partial charge in [-0.1, -0.05) is 20.8 Å². The van der Waals surface area contributed by atoms with E-state index in [0.29, 0.717) is 38.0 Å². The van der Waals surface area contributed by atoms with Gasteiger partial charge in [0.05, 0.1) is 0 Å². The van der Waals surface area contributed by atoms with Crippen molar-refractivity contribution in [3.63, 3.8) is 0 Å². The van der Waals surface area contributed by atoms with E-state index in [4.69, 9.17) is 0 Å². The molecular formula is C15H31N3O2S.